The zero-order chi connectivity index (χ0) is 46.5. The third-order valence-corrected chi connectivity index (χ3v) is 11.1. The third-order valence-electron chi connectivity index (χ3n) is 10.7. The summed E-state index contributed by atoms with van der Waals surface area (Å²) >= 11 is 0. The van der Waals surface area contributed by atoms with Crippen molar-refractivity contribution in [2.24, 2.45) is 5.92 Å². The van der Waals surface area contributed by atoms with Crippen molar-refractivity contribution in [3.63, 3.8) is 0 Å². The van der Waals surface area contributed by atoms with Crippen molar-refractivity contribution in [1.29, 1.82) is 0 Å². The highest BCUT2D eigenvalue weighted by Gasteiger charge is 2.39. The molecule has 0 spiro atoms. The second-order valence-electron chi connectivity index (χ2n) is 17.9. The number of likely N-dealkylation sites (N-methyl/N-ethyl adjacent to an activating group) is 3. The van der Waals surface area contributed by atoms with Crippen molar-refractivity contribution in [3.05, 3.63) is 0 Å². The average Bonchev–Trinajstić information content (AvgIpc) is 3.18. The number of hydrogen-bond acceptors (Lipinski definition) is 13. The van der Waals surface area contributed by atoms with Crippen LogP contribution in [0.1, 0.15) is 126 Å². The largest absolute Gasteiger partial charge is 0.458 e. The van der Waals surface area contributed by atoms with Gasteiger partial charge in [-0.1, -0.05) is 34.1 Å². The molecule has 0 aromatic heterocycles. The van der Waals surface area contributed by atoms with Gasteiger partial charge in [0.15, 0.2) is 5.78 Å². The van der Waals surface area contributed by atoms with Crippen molar-refractivity contribution >= 4 is 51.2 Å². The normalized spacial score (nSPS) is 13.6. The number of ketones is 2. The Morgan fingerprint density at radius 1 is 0.721 bits per heavy atom. The minimum absolute atomic E-state index is 0.000874. The van der Waals surface area contributed by atoms with Crippen LogP contribution in [0.5, 0.6) is 0 Å². The maximum atomic E-state index is 13.4. The summed E-state index contributed by atoms with van der Waals surface area (Å²) < 4.78 is 18.3. The van der Waals surface area contributed by atoms with Crippen LogP contribution in [-0.4, -0.2) is 173 Å². The zero-order valence-electron chi connectivity index (χ0n) is 40.1. The van der Waals surface area contributed by atoms with E-state index in [0.717, 1.165) is 19.4 Å². The number of nitrogens with one attached hydrogen (secondary N) is 3. The molecule has 3 N–H and O–H groups in total. The van der Waals surface area contributed by atoms with E-state index in [-0.39, 0.29) is 87.0 Å². The summed E-state index contributed by atoms with van der Waals surface area (Å²) in [5.41, 5.74) is -2.00. The monoisotopic (exact) mass is 885 g/mol. The van der Waals surface area contributed by atoms with Gasteiger partial charge < -0.3 is 39.9 Å². The minimum Gasteiger partial charge on any atom is -0.458 e. The number of esters is 1. The number of amides is 2. The van der Waals surface area contributed by atoms with E-state index in [1.54, 1.807) is 0 Å². The summed E-state index contributed by atoms with van der Waals surface area (Å²) in [5.74, 6) is -1.01. The van der Waals surface area contributed by atoms with Crippen LogP contribution in [0.3, 0.4) is 0 Å². The fraction of sp³-hybridized carbons (Fsp3) is 0.864. The molecule has 3 unspecified atom stereocenters. The number of nitrogens with zero attached hydrogens (tertiary/aromatic N) is 3. The molecular weight excluding hydrogens is 798 g/mol. The van der Waals surface area contributed by atoms with Crippen molar-refractivity contribution in [2.45, 2.75) is 143 Å². The number of carbonyl (C=O) groups excluding carboxylic acids is 6. The molecule has 3 atom stereocenters. The Hall–Kier alpha value is -2.33. The first-order chi connectivity index (χ1) is 28.6. The Bertz CT molecular complexity index is 1310. The Morgan fingerprint density at radius 2 is 1.34 bits per heavy atom. The topological polar surface area (TPSA) is 176 Å². The molecule has 17 heteroatoms. The molecule has 0 aliphatic rings. The van der Waals surface area contributed by atoms with Gasteiger partial charge in [0.05, 0.1) is 49.7 Å². The number of rotatable bonds is 39. The van der Waals surface area contributed by atoms with Crippen molar-refractivity contribution in [1.82, 2.24) is 30.7 Å². The standard InChI is InChI=1S/C44H86BN6O9P/c1-12-16-21-44(28-37(53)31-46-13-2,60-41(57)34-50(10)15-4)27-35(32-51(11)24-17-18-36(52)33-49(9)14-3)30-48-40(56)20-19-39(55)47-23-26-59-42(5,6)22-25-58-43(7,8)29-38(54)45-61/h35,45-46H,12-34,61H2,1-11H3,(H,47,55)(H,48,56). The van der Waals surface area contributed by atoms with Gasteiger partial charge in [-0.25, -0.2) is 0 Å². The van der Waals surface area contributed by atoms with Crippen LogP contribution < -0.4 is 16.0 Å². The molecule has 354 valence electrons. The molecule has 2 amide bonds. The molecule has 0 saturated carbocycles. The first-order valence-electron chi connectivity index (χ1n) is 22.7. The van der Waals surface area contributed by atoms with E-state index in [4.69, 9.17) is 14.2 Å². The molecular formula is C44H86BN6O9P. The number of hydrogen-bond donors (Lipinski definition) is 3. The first-order valence-corrected chi connectivity index (χ1v) is 23.5. The van der Waals surface area contributed by atoms with Crippen LogP contribution >= 0.6 is 9.12 Å². The Labute approximate surface area is 372 Å². The summed E-state index contributed by atoms with van der Waals surface area (Å²) in [6, 6.07) is 0. The van der Waals surface area contributed by atoms with Gasteiger partial charge in [-0.15, -0.1) is 0 Å². The number of Topliss-reactive ketones (excluding diaryl/α,β-unsaturated/α-hetero) is 2. The molecule has 61 heavy (non-hydrogen) atoms. The Kier molecular flexibility index (Phi) is 31.1. The maximum absolute atomic E-state index is 13.4. The van der Waals surface area contributed by atoms with Gasteiger partial charge in [0, 0.05) is 51.7 Å². The van der Waals surface area contributed by atoms with Crippen LogP contribution in [0, 0.1) is 5.92 Å². The lowest BCUT2D eigenvalue weighted by Gasteiger charge is -2.38. The Balaban J connectivity index is 5.70. The van der Waals surface area contributed by atoms with Gasteiger partial charge in [0.2, 0.25) is 18.8 Å². The van der Waals surface area contributed by atoms with Gasteiger partial charge in [-0.3, -0.25) is 33.8 Å². The molecule has 0 heterocycles. The zero-order valence-corrected chi connectivity index (χ0v) is 41.3. The molecule has 0 aliphatic carbocycles. The van der Waals surface area contributed by atoms with E-state index in [1.807, 2.05) is 79.4 Å². The van der Waals surface area contributed by atoms with Crippen molar-refractivity contribution in [2.75, 3.05) is 99.8 Å². The Morgan fingerprint density at radius 3 is 1.95 bits per heavy atom. The first kappa shape index (κ1) is 58.7. The van der Waals surface area contributed by atoms with E-state index in [2.05, 4.69) is 36.9 Å². The van der Waals surface area contributed by atoms with Crippen molar-refractivity contribution < 1.29 is 43.0 Å². The summed E-state index contributed by atoms with van der Waals surface area (Å²) in [4.78, 5) is 83.1. The van der Waals surface area contributed by atoms with E-state index in [0.29, 0.717) is 84.9 Å². The highest BCUT2D eigenvalue weighted by atomic mass is 31.0. The van der Waals surface area contributed by atoms with Gasteiger partial charge in [0.25, 0.3) is 0 Å². The summed E-state index contributed by atoms with van der Waals surface area (Å²) in [5, 5.41) is 8.97. The smallest absolute Gasteiger partial charge is 0.320 e. The molecule has 0 bridgehead atoms. The van der Waals surface area contributed by atoms with Crippen LogP contribution in [0.2, 0.25) is 0 Å². The molecule has 15 nitrogen and oxygen atoms in total. The van der Waals surface area contributed by atoms with E-state index >= 15 is 0 Å². The van der Waals surface area contributed by atoms with Crippen LogP contribution in [0.25, 0.3) is 0 Å². The van der Waals surface area contributed by atoms with Crippen LogP contribution in [-0.2, 0) is 43.0 Å². The molecule has 0 aromatic rings. The molecule has 0 radical (unpaired) electrons. The fourth-order valence-corrected chi connectivity index (χ4v) is 7.05. The highest BCUT2D eigenvalue weighted by molar-refractivity contribution is 7.62. The average molecular weight is 885 g/mol. The third kappa shape index (κ3) is 30.4. The summed E-state index contributed by atoms with van der Waals surface area (Å²) in [6.07, 6.45) is 4.60. The SMILES string of the molecule is CCCCC(CC(=O)CNCC)(CC(CNC(=O)CCC(=O)NCCOC(C)(C)CCOC(C)(C)CC(=O)BP)CN(C)CCCC(=O)CN(C)CC)OC(=O)CN(C)CC. The van der Waals surface area contributed by atoms with Gasteiger partial charge >= 0.3 is 5.97 Å². The molecule has 0 saturated heterocycles. The summed E-state index contributed by atoms with van der Waals surface area (Å²) in [7, 11) is 8.19. The van der Waals surface area contributed by atoms with Gasteiger partial charge in [-0.05, 0) is 113 Å². The molecule has 0 fully saturated rings. The lowest BCUT2D eigenvalue weighted by molar-refractivity contribution is -0.166. The quantitative estimate of drug-likeness (QED) is 0.0355. The second kappa shape index (κ2) is 32.3. The maximum Gasteiger partial charge on any atom is 0.320 e. The molecule has 0 aromatic carbocycles. The van der Waals surface area contributed by atoms with Gasteiger partial charge in [0.1, 0.15) is 11.4 Å². The predicted molar refractivity (Wildman–Crippen MR) is 249 cm³/mol. The predicted octanol–water partition coefficient (Wildman–Crippen LogP) is 3.35. The van der Waals surface area contributed by atoms with Crippen LogP contribution in [0.4, 0.5) is 0 Å². The minimum atomic E-state index is -1.07. The van der Waals surface area contributed by atoms with Gasteiger partial charge in [-0.2, -0.15) is 9.12 Å². The lowest BCUT2D eigenvalue weighted by Crippen LogP contribution is -2.46. The molecule has 0 rings (SSSR count). The lowest BCUT2D eigenvalue weighted by atomic mass is 9.81. The number of ether oxygens (including phenoxy) is 3. The fourth-order valence-electron chi connectivity index (χ4n) is 6.90. The number of unbranched alkanes of at least 4 members (excludes halogenated alkanes) is 1. The second-order valence-corrected chi connectivity index (χ2v) is 18.3. The number of carbonyl (C=O) groups is 6. The van der Waals surface area contributed by atoms with E-state index in [9.17, 15) is 28.8 Å². The highest BCUT2D eigenvalue weighted by Crippen LogP contribution is 2.32. The van der Waals surface area contributed by atoms with E-state index < -0.39 is 22.8 Å². The van der Waals surface area contributed by atoms with Crippen molar-refractivity contribution in [3.8, 4) is 0 Å². The summed E-state index contributed by atoms with van der Waals surface area (Å²) in [6.45, 7) is 21.3. The van der Waals surface area contributed by atoms with Crippen LogP contribution in [0.15, 0.2) is 0 Å². The molecule has 0 aliphatic heterocycles. The van der Waals surface area contributed by atoms with E-state index in [1.165, 1.54) is 0 Å².